The normalized spacial score (nSPS) is 28.4. The minimum Gasteiger partial charge on any atom is -0.497 e. The van der Waals surface area contributed by atoms with E-state index in [-0.39, 0.29) is 11.8 Å². The van der Waals surface area contributed by atoms with Crippen LogP contribution in [0.15, 0.2) is 24.3 Å². The van der Waals surface area contributed by atoms with Crippen molar-refractivity contribution in [1.29, 1.82) is 0 Å². The molecule has 2 aliphatic rings. The summed E-state index contributed by atoms with van der Waals surface area (Å²) in [6.07, 6.45) is 4.97. The van der Waals surface area contributed by atoms with Crippen LogP contribution < -0.4 is 10.1 Å². The minimum absolute atomic E-state index is 0.245. The van der Waals surface area contributed by atoms with Crippen LogP contribution in [-0.4, -0.2) is 13.0 Å². The lowest BCUT2D eigenvalue weighted by atomic mass is 9.88. The van der Waals surface area contributed by atoms with E-state index in [1.807, 2.05) is 24.3 Å². The first-order valence-corrected chi connectivity index (χ1v) is 7.17. The van der Waals surface area contributed by atoms with Crippen LogP contribution >= 0.6 is 0 Å². The van der Waals surface area contributed by atoms with E-state index in [9.17, 15) is 4.79 Å². The number of methoxy groups -OCH3 is 1. The second kappa shape index (κ2) is 5.24. The topological polar surface area (TPSA) is 38.3 Å². The molecule has 1 amide bonds. The van der Waals surface area contributed by atoms with Crippen molar-refractivity contribution in [3.63, 3.8) is 0 Å². The van der Waals surface area contributed by atoms with Crippen molar-refractivity contribution in [2.24, 2.45) is 17.8 Å². The van der Waals surface area contributed by atoms with Crippen molar-refractivity contribution >= 4 is 5.91 Å². The molecule has 102 valence electrons. The number of nitrogens with one attached hydrogen (secondary N) is 1. The summed E-state index contributed by atoms with van der Waals surface area (Å²) in [5, 5.41) is 3.08. The maximum absolute atomic E-state index is 12.2. The van der Waals surface area contributed by atoms with Gasteiger partial charge in [0.1, 0.15) is 5.75 Å². The van der Waals surface area contributed by atoms with Crippen molar-refractivity contribution in [2.45, 2.75) is 32.2 Å². The molecule has 1 N–H and O–H groups in total. The molecule has 0 spiro atoms. The number of fused-ring (bicyclic) bond motifs is 2. The summed E-state index contributed by atoms with van der Waals surface area (Å²) in [5.41, 5.74) is 1.09. The van der Waals surface area contributed by atoms with Gasteiger partial charge in [-0.25, -0.2) is 0 Å². The fourth-order valence-electron chi connectivity index (χ4n) is 3.67. The lowest BCUT2D eigenvalue weighted by Gasteiger charge is -2.20. The Hall–Kier alpha value is -1.51. The van der Waals surface area contributed by atoms with E-state index >= 15 is 0 Å². The van der Waals surface area contributed by atoms with Gasteiger partial charge in [0.2, 0.25) is 5.91 Å². The van der Waals surface area contributed by atoms with Crippen LogP contribution in [-0.2, 0) is 11.3 Å². The van der Waals surface area contributed by atoms with E-state index in [4.69, 9.17) is 4.74 Å². The molecule has 0 aliphatic heterocycles. The summed E-state index contributed by atoms with van der Waals surface area (Å²) in [6, 6.07) is 7.86. The summed E-state index contributed by atoms with van der Waals surface area (Å²) < 4.78 is 5.19. The SMILES string of the molecule is COc1cccc(CNC(=O)C2CC3CCC2C3)c1. The van der Waals surface area contributed by atoms with Crippen molar-refractivity contribution in [3.8, 4) is 5.75 Å². The standard InChI is InChI=1S/C16H21NO2/c1-19-14-4-2-3-12(8-14)10-17-16(18)15-9-11-5-6-13(15)7-11/h2-4,8,11,13,15H,5-7,9-10H2,1H3,(H,17,18). The maximum Gasteiger partial charge on any atom is 0.223 e. The Labute approximate surface area is 114 Å². The van der Waals surface area contributed by atoms with Crippen LogP contribution in [0, 0.1) is 17.8 Å². The van der Waals surface area contributed by atoms with Crippen molar-refractivity contribution in [2.75, 3.05) is 7.11 Å². The molecule has 0 saturated heterocycles. The third-order valence-electron chi connectivity index (χ3n) is 4.68. The third kappa shape index (κ3) is 2.60. The zero-order valence-corrected chi connectivity index (χ0v) is 11.4. The summed E-state index contributed by atoms with van der Waals surface area (Å²) >= 11 is 0. The third-order valence-corrected chi connectivity index (χ3v) is 4.68. The Morgan fingerprint density at radius 1 is 1.37 bits per heavy atom. The molecule has 3 rings (SSSR count). The van der Waals surface area contributed by atoms with Crippen LogP contribution in [0.2, 0.25) is 0 Å². The number of amides is 1. The lowest BCUT2D eigenvalue weighted by molar-refractivity contribution is -0.126. The van der Waals surface area contributed by atoms with Gasteiger partial charge in [0.25, 0.3) is 0 Å². The highest BCUT2D eigenvalue weighted by atomic mass is 16.5. The van der Waals surface area contributed by atoms with Gasteiger partial charge in [-0.1, -0.05) is 18.6 Å². The molecule has 3 heteroatoms. The predicted molar refractivity (Wildman–Crippen MR) is 73.8 cm³/mol. The zero-order valence-electron chi connectivity index (χ0n) is 11.4. The summed E-state index contributed by atoms with van der Waals surface area (Å²) in [6.45, 7) is 0.601. The smallest absolute Gasteiger partial charge is 0.223 e. The molecule has 3 unspecified atom stereocenters. The lowest BCUT2D eigenvalue weighted by Crippen LogP contribution is -2.33. The van der Waals surface area contributed by atoms with Crippen LogP contribution in [0.3, 0.4) is 0 Å². The predicted octanol–water partition coefficient (Wildman–Crippen LogP) is 2.75. The molecule has 19 heavy (non-hydrogen) atoms. The molecule has 2 aliphatic carbocycles. The first-order chi connectivity index (χ1) is 9.26. The van der Waals surface area contributed by atoms with Crippen LogP contribution in [0.5, 0.6) is 5.75 Å². The Balaban J connectivity index is 1.55. The number of hydrogen-bond donors (Lipinski definition) is 1. The van der Waals surface area contributed by atoms with Gasteiger partial charge in [-0.3, -0.25) is 4.79 Å². The molecule has 0 heterocycles. The van der Waals surface area contributed by atoms with E-state index in [0.29, 0.717) is 12.5 Å². The number of rotatable bonds is 4. The molecule has 1 aromatic rings. The second-order valence-corrected chi connectivity index (χ2v) is 5.85. The molecule has 2 bridgehead atoms. The van der Waals surface area contributed by atoms with Gasteiger partial charge in [-0.2, -0.15) is 0 Å². The van der Waals surface area contributed by atoms with Gasteiger partial charge in [0, 0.05) is 12.5 Å². The Morgan fingerprint density at radius 2 is 2.26 bits per heavy atom. The molecule has 3 atom stereocenters. The molecule has 1 aromatic carbocycles. The number of carbonyl (C=O) groups is 1. The summed E-state index contributed by atoms with van der Waals surface area (Å²) in [7, 11) is 1.66. The quantitative estimate of drug-likeness (QED) is 0.903. The molecule has 2 fully saturated rings. The average molecular weight is 259 g/mol. The minimum atomic E-state index is 0.245. The Morgan fingerprint density at radius 3 is 2.95 bits per heavy atom. The summed E-state index contributed by atoms with van der Waals surface area (Å²) in [4.78, 5) is 12.2. The highest BCUT2D eigenvalue weighted by Gasteiger charge is 2.42. The fourth-order valence-corrected chi connectivity index (χ4v) is 3.67. The van der Waals surface area contributed by atoms with Gasteiger partial charge in [-0.05, 0) is 48.8 Å². The van der Waals surface area contributed by atoms with Gasteiger partial charge in [0.05, 0.1) is 7.11 Å². The van der Waals surface area contributed by atoms with Crippen LogP contribution in [0.4, 0.5) is 0 Å². The fraction of sp³-hybridized carbons (Fsp3) is 0.562. The van der Waals surface area contributed by atoms with E-state index in [0.717, 1.165) is 23.7 Å². The molecule has 2 saturated carbocycles. The van der Waals surface area contributed by atoms with E-state index < -0.39 is 0 Å². The first-order valence-electron chi connectivity index (χ1n) is 7.17. The van der Waals surface area contributed by atoms with Crippen LogP contribution in [0.25, 0.3) is 0 Å². The van der Waals surface area contributed by atoms with Crippen molar-refractivity contribution < 1.29 is 9.53 Å². The largest absolute Gasteiger partial charge is 0.497 e. The van der Waals surface area contributed by atoms with Gasteiger partial charge in [0.15, 0.2) is 0 Å². The average Bonchev–Trinajstić information content (AvgIpc) is 3.07. The van der Waals surface area contributed by atoms with E-state index in [1.165, 1.54) is 19.3 Å². The zero-order chi connectivity index (χ0) is 13.2. The highest BCUT2D eigenvalue weighted by Crippen LogP contribution is 2.48. The molecular formula is C16H21NO2. The summed E-state index contributed by atoms with van der Waals surface area (Å²) in [5.74, 6) is 2.82. The number of carbonyl (C=O) groups excluding carboxylic acids is 1. The van der Waals surface area contributed by atoms with Gasteiger partial charge < -0.3 is 10.1 Å². The van der Waals surface area contributed by atoms with Gasteiger partial charge in [-0.15, -0.1) is 0 Å². The monoisotopic (exact) mass is 259 g/mol. The second-order valence-electron chi connectivity index (χ2n) is 5.85. The van der Waals surface area contributed by atoms with Crippen LogP contribution in [0.1, 0.15) is 31.2 Å². The van der Waals surface area contributed by atoms with E-state index in [2.05, 4.69) is 5.32 Å². The van der Waals surface area contributed by atoms with Crippen molar-refractivity contribution in [3.05, 3.63) is 29.8 Å². The maximum atomic E-state index is 12.2. The van der Waals surface area contributed by atoms with Crippen molar-refractivity contribution in [1.82, 2.24) is 5.32 Å². The number of benzene rings is 1. The Kier molecular flexibility index (Phi) is 3.45. The molecule has 0 radical (unpaired) electrons. The highest BCUT2D eigenvalue weighted by molar-refractivity contribution is 5.79. The van der Waals surface area contributed by atoms with Gasteiger partial charge >= 0.3 is 0 Å². The number of ether oxygens (including phenoxy) is 1. The molecular weight excluding hydrogens is 238 g/mol. The molecule has 0 aromatic heterocycles. The Bertz CT molecular complexity index is 472. The van der Waals surface area contributed by atoms with E-state index in [1.54, 1.807) is 7.11 Å². The molecule has 3 nitrogen and oxygen atoms in total. The first kappa shape index (κ1) is 12.5. The number of hydrogen-bond acceptors (Lipinski definition) is 2.